The predicted octanol–water partition coefficient (Wildman–Crippen LogP) is 0.295. The summed E-state index contributed by atoms with van der Waals surface area (Å²) < 4.78 is 22.0. The van der Waals surface area contributed by atoms with Crippen LogP contribution in [0.25, 0.3) is 0 Å². The summed E-state index contributed by atoms with van der Waals surface area (Å²) in [5, 5.41) is 38.6. The van der Waals surface area contributed by atoms with E-state index in [-0.39, 0.29) is 6.61 Å². The van der Waals surface area contributed by atoms with Crippen molar-refractivity contribution in [1.82, 2.24) is 0 Å². The Hall–Kier alpha value is -0.320. The molecule has 4 N–H and O–H groups in total. The summed E-state index contributed by atoms with van der Waals surface area (Å²) in [6.07, 6.45) is 1.33. The van der Waals surface area contributed by atoms with Gasteiger partial charge in [-0.15, -0.1) is 0 Å². The van der Waals surface area contributed by atoms with Crippen LogP contribution in [0.4, 0.5) is 0 Å². The fourth-order valence-electron chi connectivity index (χ4n) is 3.24. The normalized spacial score (nSPS) is 37.5. The summed E-state index contributed by atoms with van der Waals surface area (Å²) in [6, 6.07) is 0. The van der Waals surface area contributed by atoms with Gasteiger partial charge in [-0.25, -0.2) is 0 Å². The van der Waals surface area contributed by atoms with Crippen molar-refractivity contribution in [1.29, 1.82) is 0 Å². The molecule has 0 aromatic heterocycles. The SMILES string of the molecule is CCCCCCCCO[C@@H]1C[C@H](O)[C@@H](CO[C@H]2O[C@H](CO)[C@@H](O)[C@@H]2O)O1. The van der Waals surface area contributed by atoms with Crippen molar-refractivity contribution in [3.8, 4) is 0 Å². The fraction of sp³-hybridized carbons (Fsp3) is 1.00. The molecular weight excluding hydrogens is 344 g/mol. The summed E-state index contributed by atoms with van der Waals surface area (Å²) in [4.78, 5) is 0. The van der Waals surface area contributed by atoms with Crippen LogP contribution in [0.3, 0.4) is 0 Å². The third-order valence-corrected chi connectivity index (χ3v) is 4.91. The minimum absolute atomic E-state index is 0.00460. The monoisotopic (exact) mass is 378 g/mol. The quantitative estimate of drug-likeness (QED) is 0.358. The Kier molecular flexibility index (Phi) is 9.73. The molecule has 2 aliphatic rings. The van der Waals surface area contributed by atoms with Crippen LogP contribution in [0.1, 0.15) is 51.9 Å². The Bertz CT molecular complexity index is 382. The molecule has 7 atom stereocenters. The summed E-state index contributed by atoms with van der Waals surface area (Å²) >= 11 is 0. The van der Waals surface area contributed by atoms with Gasteiger partial charge in [0, 0.05) is 13.0 Å². The lowest BCUT2D eigenvalue weighted by Gasteiger charge is -2.20. The minimum atomic E-state index is -1.24. The first-order valence-corrected chi connectivity index (χ1v) is 9.76. The molecule has 0 saturated carbocycles. The zero-order valence-corrected chi connectivity index (χ0v) is 15.5. The van der Waals surface area contributed by atoms with E-state index in [1.807, 2.05) is 0 Å². The molecule has 8 nitrogen and oxygen atoms in total. The van der Waals surface area contributed by atoms with Crippen LogP contribution in [-0.4, -0.2) is 83.3 Å². The van der Waals surface area contributed by atoms with E-state index < -0.39 is 49.7 Å². The summed E-state index contributed by atoms with van der Waals surface area (Å²) in [6.45, 7) is 2.39. The predicted molar refractivity (Wildman–Crippen MR) is 92.3 cm³/mol. The molecule has 8 heteroatoms. The minimum Gasteiger partial charge on any atom is -0.394 e. The number of unbranched alkanes of at least 4 members (excludes halogenated alkanes) is 5. The van der Waals surface area contributed by atoms with E-state index in [4.69, 9.17) is 24.1 Å². The highest BCUT2D eigenvalue weighted by Gasteiger charge is 2.44. The average Bonchev–Trinajstić information content (AvgIpc) is 3.12. The molecule has 2 saturated heterocycles. The van der Waals surface area contributed by atoms with Crippen molar-refractivity contribution in [2.24, 2.45) is 0 Å². The number of hydrogen-bond donors (Lipinski definition) is 4. The zero-order valence-electron chi connectivity index (χ0n) is 15.5. The largest absolute Gasteiger partial charge is 0.394 e. The molecule has 0 unspecified atom stereocenters. The number of aliphatic hydroxyl groups is 4. The third-order valence-electron chi connectivity index (χ3n) is 4.91. The van der Waals surface area contributed by atoms with Crippen molar-refractivity contribution in [3.05, 3.63) is 0 Å². The average molecular weight is 378 g/mol. The molecule has 2 aliphatic heterocycles. The van der Waals surface area contributed by atoms with Gasteiger partial charge in [0.1, 0.15) is 24.4 Å². The second kappa shape index (κ2) is 11.5. The molecular formula is C18H34O8. The number of hydrogen-bond acceptors (Lipinski definition) is 8. The van der Waals surface area contributed by atoms with Crippen molar-refractivity contribution >= 4 is 0 Å². The standard InChI is InChI=1S/C18H34O8/c1-2-3-4-5-6-7-8-23-15-9-12(20)14(25-15)11-24-18-17(22)16(21)13(10-19)26-18/h12-22H,2-11H2,1H3/t12-,13+,14+,15-,16+,17-,18-/m0/s1. The first-order valence-electron chi connectivity index (χ1n) is 9.76. The van der Waals surface area contributed by atoms with Gasteiger partial charge in [-0.3, -0.25) is 0 Å². The van der Waals surface area contributed by atoms with Crippen molar-refractivity contribution in [2.75, 3.05) is 19.8 Å². The van der Waals surface area contributed by atoms with Crippen molar-refractivity contribution in [2.45, 2.75) is 95.0 Å². The summed E-state index contributed by atoms with van der Waals surface area (Å²) in [7, 11) is 0. The van der Waals surface area contributed by atoms with Gasteiger partial charge in [0.2, 0.25) is 0 Å². The maximum Gasteiger partial charge on any atom is 0.186 e. The molecule has 0 aromatic rings. The first-order chi connectivity index (χ1) is 12.6. The molecule has 154 valence electrons. The lowest BCUT2D eigenvalue weighted by molar-refractivity contribution is -0.202. The Morgan fingerprint density at radius 3 is 2.31 bits per heavy atom. The molecule has 2 fully saturated rings. The van der Waals surface area contributed by atoms with Gasteiger partial charge in [-0.05, 0) is 6.42 Å². The van der Waals surface area contributed by atoms with E-state index in [9.17, 15) is 15.3 Å². The molecule has 2 rings (SSSR count). The van der Waals surface area contributed by atoms with Crippen LogP contribution in [0.5, 0.6) is 0 Å². The zero-order chi connectivity index (χ0) is 18.9. The second-order valence-electron chi connectivity index (χ2n) is 7.09. The highest BCUT2D eigenvalue weighted by atomic mass is 16.7. The molecule has 26 heavy (non-hydrogen) atoms. The first kappa shape index (κ1) is 22.0. The van der Waals surface area contributed by atoms with E-state index in [0.29, 0.717) is 13.0 Å². The van der Waals surface area contributed by atoms with E-state index in [2.05, 4.69) is 6.92 Å². The van der Waals surface area contributed by atoms with Crippen LogP contribution in [-0.2, 0) is 18.9 Å². The highest BCUT2D eigenvalue weighted by Crippen LogP contribution is 2.26. The molecule has 0 aromatic carbocycles. The fourth-order valence-corrected chi connectivity index (χ4v) is 3.24. The molecule has 0 radical (unpaired) electrons. The van der Waals surface area contributed by atoms with Crippen LogP contribution in [0, 0.1) is 0 Å². The van der Waals surface area contributed by atoms with E-state index in [1.54, 1.807) is 0 Å². The van der Waals surface area contributed by atoms with Crippen LogP contribution >= 0.6 is 0 Å². The Morgan fingerprint density at radius 2 is 1.62 bits per heavy atom. The Balaban J connectivity index is 1.60. The Morgan fingerprint density at radius 1 is 0.885 bits per heavy atom. The molecule has 0 aliphatic carbocycles. The number of rotatable bonds is 12. The smallest absolute Gasteiger partial charge is 0.186 e. The van der Waals surface area contributed by atoms with Gasteiger partial charge >= 0.3 is 0 Å². The number of ether oxygens (including phenoxy) is 4. The van der Waals surface area contributed by atoms with Gasteiger partial charge in [-0.2, -0.15) is 0 Å². The van der Waals surface area contributed by atoms with Crippen LogP contribution in [0.2, 0.25) is 0 Å². The van der Waals surface area contributed by atoms with Crippen LogP contribution in [0.15, 0.2) is 0 Å². The highest BCUT2D eigenvalue weighted by molar-refractivity contribution is 4.87. The molecule has 0 bridgehead atoms. The Labute approximate surface area is 155 Å². The lowest BCUT2D eigenvalue weighted by atomic mass is 10.1. The second-order valence-corrected chi connectivity index (χ2v) is 7.09. The maximum absolute atomic E-state index is 10.1. The summed E-state index contributed by atoms with van der Waals surface area (Å²) in [5.41, 5.74) is 0. The van der Waals surface area contributed by atoms with Crippen molar-refractivity contribution in [3.63, 3.8) is 0 Å². The molecule has 2 heterocycles. The topological polar surface area (TPSA) is 118 Å². The van der Waals surface area contributed by atoms with Gasteiger partial charge in [0.05, 0.1) is 19.3 Å². The third kappa shape index (κ3) is 6.38. The van der Waals surface area contributed by atoms with E-state index >= 15 is 0 Å². The van der Waals surface area contributed by atoms with E-state index in [1.165, 1.54) is 25.7 Å². The van der Waals surface area contributed by atoms with Crippen LogP contribution < -0.4 is 0 Å². The molecule has 0 amide bonds. The number of aliphatic hydroxyl groups excluding tert-OH is 4. The van der Waals surface area contributed by atoms with Gasteiger partial charge in [0.25, 0.3) is 0 Å². The van der Waals surface area contributed by atoms with Gasteiger partial charge in [-0.1, -0.05) is 39.0 Å². The van der Waals surface area contributed by atoms with E-state index in [0.717, 1.165) is 12.8 Å². The maximum atomic E-state index is 10.1. The van der Waals surface area contributed by atoms with Gasteiger partial charge < -0.3 is 39.4 Å². The summed E-state index contributed by atoms with van der Waals surface area (Å²) in [5.74, 6) is 0. The van der Waals surface area contributed by atoms with Crippen molar-refractivity contribution < 1.29 is 39.4 Å². The molecule has 0 spiro atoms. The lowest BCUT2D eigenvalue weighted by Crippen LogP contribution is -2.36. The van der Waals surface area contributed by atoms with Gasteiger partial charge in [0.15, 0.2) is 12.6 Å².